The molecule has 0 radical (unpaired) electrons. The van der Waals surface area contributed by atoms with Crippen LogP contribution in [0.15, 0.2) is 77.3 Å². The molecule has 3 aromatic carbocycles. The highest BCUT2D eigenvalue weighted by molar-refractivity contribution is 9.10. The molecule has 3 aromatic rings. The van der Waals surface area contributed by atoms with Gasteiger partial charge in [0.2, 0.25) is 21.8 Å². The zero-order valence-corrected chi connectivity index (χ0v) is 26.2. The number of benzene rings is 3. The van der Waals surface area contributed by atoms with E-state index in [1.54, 1.807) is 0 Å². The monoisotopic (exact) mass is 667 g/mol. The Morgan fingerprint density at radius 1 is 0.975 bits per heavy atom. The molecule has 0 heterocycles. The Morgan fingerprint density at radius 3 is 2.33 bits per heavy atom. The maximum Gasteiger partial charge on any atom is 0.244 e. The molecule has 0 fully saturated rings. The van der Waals surface area contributed by atoms with Gasteiger partial charge >= 0.3 is 0 Å². The lowest BCUT2D eigenvalue weighted by Gasteiger charge is -2.33. The van der Waals surface area contributed by atoms with E-state index in [0.29, 0.717) is 6.54 Å². The van der Waals surface area contributed by atoms with Crippen molar-refractivity contribution in [3.63, 3.8) is 0 Å². The largest absolute Gasteiger partial charge is 0.354 e. The van der Waals surface area contributed by atoms with Crippen molar-refractivity contribution in [1.82, 2.24) is 10.2 Å². The molecule has 1 N–H and O–H groups in total. The Bertz CT molecular complexity index is 1420. The van der Waals surface area contributed by atoms with Crippen LogP contribution in [0.5, 0.6) is 0 Å². The first-order valence-corrected chi connectivity index (χ1v) is 16.2. The topological polar surface area (TPSA) is 86.8 Å². The van der Waals surface area contributed by atoms with Crippen molar-refractivity contribution in [3.8, 4) is 0 Å². The number of rotatable bonds is 13. The lowest BCUT2D eigenvalue weighted by molar-refractivity contribution is -0.140. The standard InChI is InChI=1S/C29H32BrCl2N3O4S/c1-3-4-15-33-29(37)27(17-21-9-6-5-7-10-21)34(19-22-11-8-12-23(30)16-22)28(36)20-35(40(2,38)39)26-18-24(31)13-14-25(26)32/h5-14,16,18,27H,3-4,15,17,19-20H2,1-2H3,(H,33,37)/t27-/m0/s1. The van der Waals surface area contributed by atoms with Crippen molar-refractivity contribution >= 4 is 66.7 Å². The number of hydrogen-bond donors (Lipinski definition) is 1. The lowest BCUT2D eigenvalue weighted by Crippen LogP contribution is -2.53. The summed E-state index contributed by atoms with van der Waals surface area (Å²) in [6.45, 7) is 2.00. The van der Waals surface area contributed by atoms with Gasteiger partial charge in [-0.3, -0.25) is 13.9 Å². The summed E-state index contributed by atoms with van der Waals surface area (Å²) in [4.78, 5) is 29.1. The first-order valence-electron chi connectivity index (χ1n) is 12.8. The Labute approximate surface area is 254 Å². The highest BCUT2D eigenvalue weighted by Gasteiger charge is 2.33. The van der Waals surface area contributed by atoms with E-state index in [9.17, 15) is 18.0 Å². The summed E-state index contributed by atoms with van der Waals surface area (Å²) in [5, 5.41) is 3.35. The maximum atomic E-state index is 14.1. The van der Waals surface area contributed by atoms with E-state index >= 15 is 0 Å². The molecular formula is C29H32BrCl2N3O4S. The molecule has 0 bridgehead atoms. The second-order valence-corrected chi connectivity index (χ2v) is 13.0. The summed E-state index contributed by atoms with van der Waals surface area (Å²) >= 11 is 15.9. The fourth-order valence-corrected chi connectivity index (χ4v) is 5.90. The number of unbranched alkanes of at least 4 members (excludes halogenated alkanes) is 1. The van der Waals surface area contributed by atoms with E-state index in [4.69, 9.17) is 23.2 Å². The molecule has 3 rings (SSSR count). The van der Waals surface area contributed by atoms with Gasteiger partial charge in [-0.1, -0.05) is 94.9 Å². The zero-order chi connectivity index (χ0) is 29.3. The molecule has 2 amide bonds. The summed E-state index contributed by atoms with van der Waals surface area (Å²) in [5.74, 6) is -0.875. The average molecular weight is 669 g/mol. The van der Waals surface area contributed by atoms with Crippen molar-refractivity contribution < 1.29 is 18.0 Å². The summed E-state index contributed by atoms with van der Waals surface area (Å²) in [6, 6.07) is 20.3. The highest BCUT2D eigenvalue weighted by Crippen LogP contribution is 2.31. The average Bonchev–Trinajstić information content (AvgIpc) is 2.90. The predicted octanol–water partition coefficient (Wildman–Crippen LogP) is 6.08. The van der Waals surface area contributed by atoms with Gasteiger partial charge < -0.3 is 10.2 Å². The first kappa shape index (κ1) is 31.9. The second kappa shape index (κ2) is 14.9. The fourth-order valence-electron chi connectivity index (χ4n) is 4.16. The van der Waals surface area contributed by atoms with Crippen LogP contribution in [0.4, 0.5) is 5.69 Å². The van der Waals surface area contributed by atoms with Crippen molar-refractivity contribution in [1.29, 1.82) is 0 Å². The Morgan fingerprint density at radius 2 is 1.68 bits per heavy atom. The minimum absolute atomic E-state index is 0.0812. The third-order valence-electron chi connectivity index (χ3n) is 6.20. The van der Waals surface area contributed by atoms with Crippen LogP contribution in [0.25, 0.3) is 0 Å². The number of anilines is 1. The zero-order valence-electron chi connectivity index (χ0n) is 22.3. The van der Waals surface area contributed by atoms with Crippen molar-refractivity contribution in [2.75, 3.05) is 23.7 Å². The van der Waals surface area contributed by atoms with Crippen molar-refractivity contribution in [3.05, 3.63) is 98.4 Å². The van der Waals surface area contributed by atoms with E-state index in [1.165, 1.54) is 23.1 Å². The van der Waals surface area contributed by atoms with Gasteiger partial charge in [0.05, 0.1) is 17.0 Å². The molecule has 0 aromatic heterocycles. The molecule has 11 heteroatoms. The number of nitrogens with zero attached hydrogens (tertiary/aromatic N) is 2. The summed E-state index contributed by atoms with van der Waals surface area (Å²) < 4.78 is 27.5. The van der Waals surface area contributed by atoms with E-state index in [-0.39, 0.29) is 34.6 Å². The van der Waals surface area contributed by atoms with Crippen LogP contribution in [0.1, 0.15) is 30.9 Å². The Hall–Kier alpha value is -2.59. The van der Waals surface area contributed by atoms with Crippen LogP contribution in [0.2, 0.25) is 10.0 Å². The Kier molecular flexibility index (Phi) is 11.9. The molecule has 0 aliphatic heterocycles. The number of hydrogen-bond acceptors (Lipinski definition) is 4. The van der Waals surface area contributed by atoms with Gasteiger partial charge in [-0.2, -0.15) is 0 Å². The quantitative estimate of drug-likeness (QED) is 0.224. The van der Waals surface area contributed by atoms with Gasteiger partial charge in [-0.25, -0.2) is 8.42 Å². The van der Waals surface area contributed by atoms with Gasteiger partial charge in [0.1, 0.15) is 12.6 Å². The third-order valence-corrected chi connectivity index (χ3v) is 8.37. The van der Waals surface area contributed by atoms with Crippen LogP contribution in [-0.2, 0) is 32.6 Å². The number of amides is 2. The normalized spacial score (nSPS) is 12.0. The highest BCUT2D eigenvalue weighted by atomic mass is 79.9. The SMILES string of the molecule is CCCCNC(=O)[C@H](Cc1ccccc1)N(Cc1cccc(Br)c1)C(=O)CN(c1cc(Cl)ccc1Cl)S(C)(=O)=O. The van der Waals surface area contributed by atoms with E-state index in [0.717, 1.165) is 39.0 Å². The minimum atomic E-state index is -3.95. The van der Waals surface area contributed by atoms with Crippen LogP contribution >= 0.6 is 39.1 Å². The van der Waals surface area contributed by atoms with Gasteiger partial charge in [-0.05, 0) is 47.9 Å². The van der Waals surface area contributed by atoms with Crippen molar-refractivity contribution in [2.24, 2.45) is 0 Å². The molecule has 7 nitrogen and oxygen atoms in total. The molecule has 0 unspecified atom stereocenters. The smallest absolute Gasteiger partial charge is 0.244 e. The van der Waals surface area contributed by atoms with Gasteiger partial charge in [-0.15, -0.1) is 0 Å². The van der Waals surface area contributed by atoms with Crippen LogP contribution in [-0.4, -0.2) is 50.5 Å². The summed E-state index contributed by atoms with van der Waals surface area (Å²) in [6.07, 6.45) is 2.93. The first-order chi connectivity index (χ1) is 19.0. The van der Waals surface area contributed by atoms with Gasteiger partial charge in [0, 0.05) is 29.0 Å². The Balaban J connectivity index is 2.06. The van der Waals surface area contributed by atoms with Crippen molar-refractivity contribution in [2.45, 2.75) is 38.8 Å². The second-order valence-electron chi connectivity index (χ2n) is 9.37. The van der Waals surface area contributed by atoms with Crippen LogP contribution in [0, 0.1) is 0 Å². The number of carbonyl (C=O) groups excluding carboxylic acids is 2. The fraction of sp³-hybridized carbons (Fsp3) is 0.310. The van der Waals surface area contributed by atoms with E-state index in [2.05, 4.69) is 21.2 Å². The third kappa shape index (κ3) is 9.23. The van der Waals surface area contributed by atoms with E-state index < -0.39 is 28.5 Å². The van der Waals surface area contributed by atoms with Crippen LogP contribution < -0.4 is 9.62 Å². The maximum absolute atomic E-state index is 14.1. The molecule has 0 aliphatic rings. The number of sulfonamides is 1. The van der Waals surface area contributed by atoms with Crippen LogP contribution in [0.3, 0.4) is 0 Å². The molecule has 0 aliphatic carbocycles. The van der Waals surface area contributed by atoms with Gasteiger partial charge in [0.15, 0.2) is 0 Å². The summed E-state index contributed by atoms with van der Waals surface area (Å²) in [7, 11) is -3.95. The summed E-state index contributed by atoms with van der Waals surface area (Å²) in [5.41, 5.74) is 1.72. The molecular weight excluding hydrogens is 637 g/mol. The predicted molar refractivity (Wildman–Crippen MR) is 165 cm³/mol. The molecule has 214 valence electrons. The molecule has 0 saturated heterocycles. The minimum Gasteiger partial charge on any atom is -0.354 e. The number of halogens is 3. The number of nitrogens with one attached hydrogen (secondary N) is 1. The lowest BCUT2D eigenvalue weighted by atomic mass is 10.0. The molecule has 0 saturated carbocycles. The van der Waals surface area contributed by atoms with E-state index in [1.807, 2.05) is 61.5 Å². The molecule has 0 spiro atoms. The molecule has 1 atom stereocenters. The number of carbonyl (C=O) groups is 2. The molecule has 40 heavy (non-hydrogen) atoms. The van der Waals surface area contributed by atoms with Gasteiger partial charge in [0.25, 0.3) is 0 Å².